The number of nitrogens with one attached hydrogen (secondary N) is 1. The van der Waals surface area contributed by atoms with Crippen molar-refractivity contribution in [1.29, 1.82) is 0 Å². The molecule has 2 heterocycles. The molecule has 0 unspecified atom stereocenters. The van der Waals surface area contributed by atoms with Crippen LogP contribution in [0.2, 0.25) is 0 Å². The number of fused-ring (bicyclic) bond motifs is 1. The smallest absolute Gasteiger partial charge is 0.273 e. The van der Waals surface area contributed by atoms with Gasteiger partial charge in [-0.05, 0) is 89.8 Å². The number of carbonyl (C=O) groups excluding carboxylic acids is 1. The van der Waals surface area contributed by atoms with E-state index in [2.05, 4.69) is 19.2 Å². The first-order valence-electron chi connectivity index (χ1n) is 14.9. The number of pyridine rings is 1. The molecular formula is C31H45N3O4. The van der Waals surface area contributed by atoms with Crippen LogP contribution in [0.5, 0.6) is 11.5 Å². The fourth-order valence-electron chi connectivity index (χ4n) is 5.82. The molecule has 2 aromatic rings. The molecular weight excluding hydrogens is 478 g/mol. The maximum atomic E-state index is 14.0. The number of para-hydroxylation sites is 1. The van der Waals surface area contributed by atoms with Gasteiger partial charge in [-0.25, -0.2) is 4.98 Å². The van der Waals surface area contributed by atoms with Crippen LogP contribution in [0.4, 0.5) is 0 Å². The van der Waals surface area contributed by atoms with Crippen molar-refractivity contribution in [2.24, 2.45) is 5.92 Å². The third-order valence-corrected chi connectivity index (χ3v) is 8.07. The van der Waals surface area contributed by atoms with Crippen molar-refractivity contribution >= 4 is 16.8 Å². The molecule has 3 aliphatic rings. The third-order valence-electron chi connectivity index (χ3n) is 8.07. The number of amides is 1. The zero-order valence-electron chi connectivity index (χ0n) is 23.3. The van der Waals surface area contributed by atoms with Crippen LogP contribution in [-0.2, 0) is 4.74 Å². The summed E-state index contributed by atoms with van der Waals surface area (Å²) in [6, 6.07) is 8.06. The number of nitrogens with zero attached hydrogens (tertiary/aromatic N) is 2. The van der Waals surface area contributed by atoms with Gasteiger partial charge in [0.25, 0.3) is 5.91 Å². The Morgan fingerprint density at radius 3 is 2.55 bits per heavy atom. The van der Waals surface area contributed by atoms with Crippen LogP contribution in [0.15, 0.2) is 24.3 Å². The van der Waals surface area contributed by atoms with Gasteiger partial charge in [0, 0.05) is 36.7 Å². The highest BCUT2D eigenvalue weighted by molar-refractivity contribution is 5.98. The topological polar surface area (TPSA) is 72.9 Å². The highest BCUT2D eigenvalue weighted by atomic mass is 16.5. The molecule has 38 heavy (non-hydrogen) atoms. The Kier molecular flexibility index (Phi) is 9.39. The lowest BCUT2D eigenvalue weighted by Gasteiger charge is -2.37. The summed E-state index contributed by atoms with van der Waals surface area (Å²) >= 11 is 0. The molecule has 1 aromatic heterocycles. The van der Waals surface area contributed by atoms with Gasteiger partial charge in [0.05, 0.1) is 12.7 Å². The lowest BCUT2D eigenvalue weighted by Crippen LogP contribution is -2.51. The second kappa shape index (κ2) is 13.1. The summed E-state index contributed by atoms with van der Waals surface area (Å²) < 4.78 is 18.6. The van der Waals surface area contributed by atoms with Crippen LogP contribution in [0.25, 0.3) is 10.9 Å². The predicted molar refractivity (Wildman–Crippen MR) is 150 cm³/mol. The van der Waals surface area contributed by atoms with E-state index in [-0.39, 0.29) is 24.1 Å². The van der Waals surface area contributed by atoms with Crippen LogP contribution in [0.1, 0.15) is 88.5 Å². The van der Waals surface area contributed by atoms with Gasteiger partial charge in [0.15, 0.2) is 0 Å². The molecule has 1 aliphatic heterocycles. The monoisotopic (exact) mass is 523 g/mol. The molecule has 0 radical (unpaired) electrons. The van der Waals surface area contributed by atoms with Crippen molar-refractivity contribution in [3.63, 3.8) is 0 Å². The molecule has 2 aliphatic carbocycles. The van der Waals surface area contributed by atoms with E-state index in [9.17, 15) is 4.79 Å². The van der Waals surface area contributed by atoms with Gasteiger partial charge < -0.3 is 24.4 Å². The molecule has 1 saturated heterocycles. The number of ether oxygens (including phenoxy) is 3. The minimum atomic E-state index is -0.0466. The molecule has 5 rings (SSSR count). The summed E-state index contributed by atoms with van der Waals surface area (Å²) in [4.78, 5) is 20.9. The van der Waals surface area contributed by atoms with Crippen molar-refractivity contribution in [3.05, 3.63) is 30.0 Å². The van der Waals surface area contributed by atoms with Crippen molar-refractivity contribution in [2.75, 3.05) is 32.9 Å². The van der Waals surface area contributed by atoms with Gasteiger partial charge in [0.1, 0.15) is 29.3 Å². The Morgan fingerprint density at radius 2 is 1.84 bits per heavy atom. The minimum absolute atomic E-state index is 0.0466. The van der Waals surface area contributed by atoms with E-state index in [1.54, 1.807) is 0 Å². The first kappa shape index (κ1) is 27.2. The second-order valence-corrected chi connectivity index (χ2v) is 11.6. The molecule has 7 nitrogen and oxygen atoms in total. The van der Waals surface area contributed by atoms with Crippen LogP contribution in [0.3, 0.4) is 0 Å². The van der Waals surface area contributed by atoms with Crippen molar-refractivity contribution in [2.45, 2.75) is 96.2 Å². The maximum Gasteiger partial charge on any atom is 0.273 e. The minimum Gasteiger partial charge on any atom is -0.490 e. The summed E-state index contributed by atoms with van der Waals surface area (Å²) in [6.07, 6.45) is 11.9. The molecule has 1 aromatic carbocycles. The fourth-order valence-corrected chi connectivity index (χ4v) is 5.82. The van der Waals surface area contributed by atoms with Crippen molar-refractivity contribution in [1.82, 2.24) is 15.2 Å². The van der Waals surface area contributed by atoms with Crippen molar-refractivity contribution < 1.29 is 19.0 Å². The van der Waals surface area contributed by atoms with Gasteiger partial charge in [-0.15, -0.1) is 0 Å². The molecule has 1 atom stereocenters. The van der Waals surface area contributed by atoms with Crippen LogP contribution in [-0.4, -0.2) is 66.9 Å². The van der Waals surface area contributed by atoms with Gasteiger partial charge in [0.2, 0.25) is 0 Å². The first-order valence-corrected chi connectivity index (χ1v) is 14.9. The Bertz CT molecular complexity index is 1060. The van der Waals surface area contributed by atoms with Crippen molar-refractivity contribution in [3.8, 4) is 11.5 Å². The van der Waals surface area contributed by atoms with Crippen LogP contribution in [0, 0.1) is 5.92 Å². The average molecular weight is 524 g/mol. The molecule has 3 fully saturated rings. The number of hydrogen-bond donors (Lipinski definition) is 1. The van der Waals surface area contributed by atoms with Gasteiger partial charge in [-0.3, -0.25) is 4.79 Å². The zero-order valence-corrected chi connectivity index (χ0v) is 23.3. The van der Waals surface area contributed by atoms with Crippen LogP contribution < -0.4 is 14.8 Å². The SMILES string of the molecule is CC(C)N(C(=O)c1cc(OCCOCC2CC2)c2cccc(OC3CCCCCC3)c2n1)[C@@H]1CCCNC1. The van der Waals surface area contributed by atoms with Crippen LogP contribution >= 0.6 is 0 Å². The molecule has 2 saturated carbocycles. The normalized spacial score (nSPS) is 20.9. The molecule has 0 bridgehead atoms. The summed E-state index contributed by atoms with van der Waals surface area (Å²) in [5, 5.41) is 4.34. The van der Waals surface area contributed by atoms with E-state index in [0.717, 1.165) is 62.4 Å². The summed E-state index contributed by atoms with van der Waals surface area (Å²) in [6.45, 7) is 7.78. The number of aromatic nitrogens is 1. The number of hydrogen-bond acceptors (Lipinski definition) is 6. The Balaban J connectivity index is 1.44. The molecule has 1 N–H and O–H groups in total. The van der Waals surface area contributed by atoms with Gasteiger partial charge in [-0.1, -0.05) is 18.9 Å². The summed E-state index contributed by atoms with van der Waals surface area (Å²) in [5.74, 6) is 2.09. The van der Waals surface area contributed by atoms with E-state index >= 15 is 0 Å². The molecule has 0 spiro atoms. The standard InChI is InChI=1S/C31H45N3O4/c1-22(2)34(24-9-8-16-32-20-24)31(35)27-19-29(37-18-17-36-21-23-14-15-23)26-12-7-13-28(30(26)33-27)38-25-10-5-3-4-6-11-25/h7,12-13,19,22-25,32H,3-6,8-11,14-18,20-21H2,1-2H3/t24-/m1/s1. The van der Waals surface area contributed by atoms with E-state index in [1.165, 1.54) is 38.5 Å². The van der Waals surface area contributed by atoms with E-state index in [1.807, 2.05) is 29.2 Å². The predicted octanol–water partition coefficient (Wildman–Crippen LogP) is 5.74. The molecule has 208 valence electrons. The Hall–Kier alpha value is -2.38. The number of benzene rings is 1. The average Bonchev–Trinajstić information content (AvgIpc) is 3.77. The Labute approximate surface area is 227 Å². The molecule has 7 heteroatoms. The summed E-state index contributed by atoms with van der Waals surface area (Å²) in [5.41, 5.74) is 1.13. The first-order chi connectivity index (χ1) is 18.6. The lowest BCUT2D eigenvalue weighted by atomic mass is 10.0. The largest absolute Gasteiger partial charge is 0.490 e. The van der Waals surface area contributed by atoms with Gasteiger partial charge in [-0.2, -0.15) is 0 Å². The Morgan fingerprint density at radius 1 is 1.03 bits per heavy atom. The third kappa shape index (κ3) is 6.97. The molecule has 1 amide bonds. The van der Waals surface area contributed by atoms with E-state index in [0.29, 0.717) is 30.2 Å². The van der Waals surface area contributed by atoms with E-state index in [4.69, 9.17) is 19.2 Å². The fraction of sp³-hybridized carbons (Fsp3) is 0.677. The summed E-state index contributed by atoms with van der Waals surface area (Å²) in [7, 11) is 0. The highest BCUT2D eigenvalue weighted by Crippen LogP contribution is 2.34. The van der Waals surface area contributed by atoms with E-state index < -0.39 is 0 Å². The number of rotatable bonds is 11. The highest BCUT2D eigenvalue weighted by Gasteiger charge is 2.30. The number of carbonyl (C=O) groups is 1. The zero-order chi connectivity index (χ0) is 26.3. The van der Waals surface area contributed by atoms with Gasteiger partial charge >= 0.3 is 0 Å². The second-order valence-electron chi connectivity index (χ2n) is 11.6. The lowest BCUT2D eigenvalue weighted by molar-refractivity contribution is 0.0567. The maximum absolute atomic E-state index is 14.0. The number of piperidine rings is 1. The quantitative estimate of drug-likeness (QED) is 0.299.